The van der Waals surface area contributed by atoms with Crippen molar-refractivity contribution in [1.82, 2.24) is 4.90 Å². The lowest BCUT2D eigenvalue weighted by Crippen LogP contribution is -2.58. The number of aryl methyl sites for hydroxylation is 1. The smallest absolute Gasteiger partial charge is 0.233 e. The van der Waals surface area contributed by atoms with Gasteiger partial charge in [-0.3, -0.25) is 4.79 Å². The molecule has 1 saturated heterocycles. The molecule has 4 nitrogen and oxygen atoms in total. The van der Waals surface area contributed by atoms with E-state index in [1.807, 2.05) is 29.2 Å². The highest BCUT2D eigenvalue weighted by molar-refractivity contribution is 5.92. The number of carbonyl (C=O) groups is 1. The summed E-state index contributed by atoms with van der Waals surface area (Å²) in [6.07, 6.45) is 1.93. The topological polar surface area (TPSA) is 38.8 Å². The number of likely N-dealkylation sites (tertiary alicyclic amines) is 1. The second-order valence-electron chi connectivity index (χ2n) is 7.05. The molecule has 1 aliphatic carbocycles. The van der Waals surface area contributed by atoms with E-state index in [9.17, 15) is 4.79 Å². The van der Waals surface area contributed by atoms with Gasteiger partial charge in [0.05, 0.1) is 25.6 Å². The molecule has 4 rings (SSSR count). The van der Waals surface area contributed by atoms with Gasteiger partial charge in [-0.15, -0.1) is 0 Å². The largest absolute Gasteiger partial charge is 0.493 e. The predicted molar refractivity (Wildman–Crippen MR) is 96.1 cm³/mol. The number of nitrogens with zero attached hydrogens (tertiary/aromatic N) is 1. The van der Waals surface area contributed by atoms with E-state index in [1.54, 1.807) is 7.11 Å². The van der Waals surface area contributed by atoms with E-state index in [4.69, 9.17) is 9.47 Å². The summed E-state index contributed by atoms with van der Waals surface area (Å²) in [7, 11) is 1.64. The van der Waals surface area contributed by atoms with E-state index in [2.05, 4.69) is 31.2 Å². The summed E-state index contributed by atoms with van der Waals surface area (Å²) in [4.78, 5) is 14.9. The first-order valence-electron chi connectivity index (χ1n) is 8.78. The molecule has 2 fully saturated rings. The maximum Gasteiger partial charge on any atom is 0.233 e. The van der Waals surface area contributed by atoms with Crippen LogP contribution in [0.2, 0.25) is 0 Å². The molecule has 0 radical (unpaired) electrons. The summed E-state index contributed by atoms with van der Waals surface area (Å²) in [5, 5.41) is 0. The Morgan fingerprint density at radius 2 is 1.68 bits per heavy atom. The van der Waals surface area contributed by atoms with Crippen LogP contribution in [0.5, 0.6) is 11.5 Å². The van der Waals surface area contributed by atoms with Gasteiger partial charge in [-0.2, -0.15) is 0 Å². The Balaban J connectivity index is 1.39. The van der Waals surface area contributed by atoms with Gasteiger partial charge in [0.25, 0.3) is 0 Å². The molecule has 0 unspecified atom stereocenters. The summed E-state index contributed by atoms with van der Waals surface area (Å²) < 4.78 is 11.3. The molecule has 1 amide bonds. The normalized spacial score (nSPS) is 18.4. The molecule has 0 bridgehead atoms. The Morgan fingerprint density at radius 1 is 1.04 bits per heavy atom. The molecule has 25 heavy (non-hydrogen) atoms. The minimum Gasteiger partial charge on any atom is -0.493 e. The molecule has 0 spiro atoms. The molecule has 0 atom stereocenters. The molecule has 1 aliphatic heterocycles. The number of amides is 1. The first-order valence-corrected chi connectivity index (χ1v) is 8.78. The Labute approximate surface area is 148 Å². The van der Waals surface area contributed by atoms with E-state index in [0.717, 1.165) is 29.9 Å². The fourth-order valence-electron chi connectivity index (χ4n) is 3.50. The zero-order valence-corrected chi connectivity index (χ0v) is 14.7. The summed E-state index contributed by atoms with van der Waals surface area (Å²) >= 11 is 0. The molecule has 1 saturated carbocycles. The van der Waals surface area contributed by atoms with Gasteiger partial charge in [-0.1, -0.05) is 42.0 Å². The van der Waals surface area contributed by atoms with E-state index < -0.39 is 0 Å². The molecule has 0 aromatic heterocycles. The molecule has 1 heterocycles. The number of rotatable bonds is 5. The highest BCUT2D eigenvalue weighted by Gasteiger charge is 2.54. The van der Waals surface area contributed by atoms with Crippen LogP contribution in [0.1, 0.15) is 24.0 Å². The lowest BCUT2D eigenvalue weighted by molar-refractivity contribution is -0.142. The van der Waals surface area contributed by atoms with Crippen LogP contribution in [0.3, 0.4) is 0 Å². The molecular weight excluding hydrogens is 314 g/mol. The maximum atomic E-state index is 13.0. The summed E-state index contributed by atoms with van der Waals surface area (Å²) in [5.74, 6) is 1.71. The Bertz CT molecular complexity index is 774. The Hall–Kier alpha value is -2.49. The van der Waals surface area contributed by atoms with Gasteiger partial charge in [0.2, 0.25) is 5.91 Å². The third-order valence-corrected chi connectivity index (χ3v) is 5.26. The van der Waals surface area contributed by atoms with Crippen molar-refractivity contribution in [3.8, 4) is 11.5 Å². The number of hydrogen-bond donors (Lipinski definition) is 0. The van der Waals surface area contributed by atoms with E-state index >= 15 is 0 Å². The van der Waals surface area contributed by atoms with Crippen molar-refractivity contribution in [2.24, 2.45) is 0 Å². The zero-order chi connectivity index (χ0) is 17.4. The number of ether oxygens (including phenoxy) is 2. The number of benzene rings is 2. The zero-order valence-electron chi connectivity index (χ0n) is 14.7. The molecular formula is C21H23NO3. The van der Waals surface area contributed by atoms with Gasteiger partial charge in [-0.25, -0.2) is 0 Å². The van der Waals surface area contributed by atoms with Crippen LogP contribution >= 0.6 is 0 Å². The van der Waals surface area contributed by atoms with E-state index in [0.29, 0.717) is 13.1 Å². The molecule has 4 heteroatoms. The van der Waals surface area contributed by atoms with Crippen LogP contribution in [0.15, 0.2) is 48.5 Å². The number of hydrogen-bond acceptors (Lipinski definition) is 3. The molecule has 2 aromatic rings. The van der Waals surface area contributed by atoms with Crippen LogP contribution in [0, 0.1) is 6.92 Å². The minimum atomic E-state index is -0.289. The monoisotopic (exact) mass is 337 g/mol. The van der Waals surface area contributed by atoms with Crippen molar-refractivity contribution in [2.75, 3.05) is 20.2 Å². The molecule has 130 valence electrons. The van der Waals surface area contributed by atoms with Gasteiger partial charge in [0.15, 0.2) is 11.5 Å². The van der Waals surface area contributed by atoms with Crippen molar-refractivity contribution in [2.45, 2.75) is 31.3 Å². The fourth-order valence-corrected chi connectivity index (χ4v) is 3.50. The summed E-state index contributed by atoms with van der Waals surface area (Å²) in [6, 6.07) is 16.0. The number of methoxy groups -OCH3 is 1. The highest BCUT2D eigenvalue weighted by atomic mass is 16.5. The third kappa shape index (κ3) is 2.86. The van der Waals surface area contributed by atoms with Crippen LogP contribution in [-0.2, 0) is 10.2 Å². The van der Waals surface area contributed by atoms with Gasteiger partial charge in [0.1, 0.15) is 6.10 Å². The SMILES string of the molecule is COc1ccccc1OC1CN(C(=O)C2(c3ccc(C)cc3)CC2)C1. The fraction of sp³-hybridized carbons (Fsp3) is 0.381. The van der Waals surface area contributed by atoms with E-state index in [-0.39, 0.29) is 17.4 Å². The average molecular weight is 337 g/mol. The van der Waals surface area contributed by atoms with Gasteiger partial charge in [-0.05, 0) is 37.5 Å². The summed E-state index contributed by atoms with van der Waals surface area (Å²) in [6.45, 7) is 3.36. The number of carbonyl (C=O) groups excluding carboxylic acids is 1. The quantitative estimate of drug-likeness (QED) is 0.840. The standard InChI is InChI=1S/C21H23NO3/c1-15-7-9-16(10-8-15)21(11-12-21)20(23)22-13-17(14-22)25-19-6-4-3-5-18(19)24-2/h3-10,17H,11-14H2,1-2H3. The third-order valence-electron chi connectivity index (χ3n) is 5.26. The minimum absolute atomic E-state index is 0.0362. The van der Waals surface area contributed by atoms with Gasteiger partial charge >= 0.3 is 0 Å². The Kier molecular flexibility index (Phi) is 3.91. The van der Waals surface area contributed by atoms with Crippen molar-refractivity contribution in [1.29, 1.82) is 0 Å². The predicted octanol–water partition coefficient (Wildman–Crippen LogP) is 3.33. The first-order chi connectivity index (χ1) is 12.1. The first kappa shape index (κ1) is 16.0. The van der Waals surface area contributed by atoms with Crippen molar-refractivity contribution >= 4 is 5.91 Å². The van der Waals surface area contributed by atoms with Crippen LogP contribution in [0.4, 0.5) is 0 Å². The van der Waals surface area contributed by atoms with Gasteiger partial charge < -0.3 is 14.4 Å². The molecule has 0 N–H and O–H groups in total. The number of para-hydroxylation sites is 2. The van der Waals surface area contributed by atoms with Gasteiger partial charge in [0, 0.05) is 0 Å². The summed E-state index contributed by atoms with van der Waals surface area (Å²) in [5.41, 5.74) is 2.08. The lowest BCUT2D eigenvalue weighted by Gasteiger charge is -2.41. The van der Waals surface area contributed by atoms with Crippen LogP contribution < -0.4 is 9.47 Å². The Morgan fingerprint density at radius 3 is 2.28 bits per heavy atom. The second kappa shape index (κ2) is 6.10. The second-order valence-corrected chi connectivity index (χ2v) is 7.05. The van der Waals surface area contributed by atoms with Crippen LogP contribution in [-0.4, -0.2) is 37.1 Å². The van der Waals surface area contributed by atoms with Crippen LogP contribution in [0.25, 0.3) is 0 Å². The molecule has 2 aliphatic rings. The van der Waals surface area contributed by atoms with Crippen molar-refractivity contribution in [3.05, 3.63) is 59.7 Å². The average Bonchev–Trinajstić information content (AvgIpc) is 3.40. The lowest BCUT2D eigenvalue weighted by atomic mass is 9.92. The highest BCUT2D eigenvalue weighted by Crippen LogP contribution is 2.50. The van der Waals surface area contributed by atoms with Crippen molar-refractivity contribution in [3.63, 3.8) is 0 Å². The van der Waals surface area contributed by atoms with E-state index in [1.165, 1.54) is 5.56 Å². The van der Waals surface area contributed by atoms with Crippen molar-refractivity contribution < 1.29 is 14.3 Å². The maximum absolute atomic E-state index is 13.0. The molecule has 2 aromatic carbocycles.